The van der Waals surface area contributed by atoms with Crippen LogP contribution in [0.3, 0.4) is 0 Å². The summed E-state index contributed by atoms with van der Waals surface area (Å²) < 4.78 is 0. The van der Waals surface area contributed by atoms with Crippen molar-refractivity contribution in [1.82, 2.24) is 5.32 Å². The van der Waals surface area contributed by atoms with E-state index in [1.165, 1.54) is 41.3 Å². The van der Waals surface area contributed by atoms with Crippen LogP contribution in [-0.4, -0.2) is 18.8 Å². The summed E-state index contributed by atoms with van der Waals surface area (Å²) in [5.74, 6) is 3.39. The first-order valence-corrected chi connectivity index (χ1v) is 7.17. The molecular formula is C14H21NS. The third-order valence-corrected chi connectivity index (χ3v) is 4.51. The Morgan fingerprint density at radius 3 is 2.31 bits per heavy atom. The van der Waals surface area contributed by atoms with Crippen LogP contribution in [0.25, 0.3) is 0 Å². The first-order valence-electron chi connectivity index (χ1n) is 6.02. The van der Waals surface area contributed by atoms with Crippen molar-refractivity contribution in [2.45, 2.75) is 26.5 Å². The number of hydrogen-bond donors (Lipinski definition) is 1. The van der Waals surface area contributed by atoms with E-state index < -0.39 is 0 Å². The van der Waals surface area contributed by atoms with Crippen LogP contribution in [0.4, 0.5) is 0 Å². The van der Waals surface area contributed by atoms with Crippen LogP contribution in [0.5, 0.6) is 0 Å². The van der Waals surface area contributed by atoms with Crippen molar-refractivity contribution < 1.29 is 0 Å². The van der Waals surface area contributed by atoms with E-state index in [4.69, 9.17) is 0 Å². The molecule has 2 rings (SSSR count). The van der Waals surface area contributed by atoms with E-state index in [2.05, 4.69) is 50.0 Å². The summed E-state index contributed by atoms with van der Waals surface area (Å²) in [5.41, 5.74) is 5.84. The number of thioether (sulfide) groups is 1. The standard InChI is InChI=1S/C14H21NS/c1-10-4-11(2)14(12(3)5-10)9-16-8-13-6-15-7-13/h4-5,13,15H,6-9H2,1-3H3. The van der Waals surface area contributed by atoms with Crippen LogP contribution in [-0.2, 0) is 5.75 Å². The van der Waals surface area contributed by atoms with Crippen molar-refractivity contribution in [3.8, 4) is 0 Å². The highest BCUT2D eigenvalue weighted by Crippen LogP contribution is 2.23. The molecule has 0 spiro atoms. The largest absolute Gasteiger partial charge is 0.316 e. The van der Waals surface area contributed by atoms with E-state index in [0.717, 1.165) is 5.92 Å². The molecule has 0 amide bonds. The van der Waals surface area contributed by atoms with E-state index in [0.29, 0.717) is 0 Å². The molecule has 0 saturated carbocycles. The van der Waals surface area contributed by atoms with Gasteiger partial charge in [-0.3, -0.25) is 0 Å². The van der Waals surface area contributed by atoms with Crippen molar-refractivity contribution >= 4 is 11.8 Å². The van der Waals surface area contributed by atoms with E-state index in [1.54, 1.807) is 5.56 Å². The Balaban J connectivity index is 1.92. The van der Waals surface area contributed by atoms with Crippen molar-refractivity contribution in [1.29, 1.82) is 0 Å². The average molecular weight is 235 g/mol. The Hall–Kier alpha value is -0.470. The van der Waals surface area contributed by atoms with Crippen LogP contribution in [0.2, 0.25) is 0 Å². The Morgan fingerprint density at radius 1 is 1.19 bits per heavy atom. The summed E-state index contributed by atoms with van der Waals surface area (Å²) in [7, 11) is 0. The average Bonchev–Trinajstić information content (AvgIpc) is 2.12. The van der Waals surface area contributed by atoms with Gasteiger partial charge in [0.25, 0.3) is 0 Å². The number of nitrogens with one attached hydrogen (secondary N) is 1. The molecule has 1 N–H and O–H groups in total. The van der Waals surface area contributed by atoms with Crippen molar-refractivity contribution in [3.05, 3.63) is 34.4 Å². The van der Waals surface area contributed by atoms with Gasteiger partial charge in [0.15, 0.2) is 0 Å². The summed E-state index contributed by atoms with van der Waals surface area (Å²) in [6, 6.07) is 4.60. The van der Waals surface area contributed by atoms with Crippen LogP contribution < -0.4 is 5.32 Å². The molecule has 1 aliphatic heterocycles. The second-order valence-corrected chi connectivity index (χ2v) is 5.95. The topological polar surface area (TPSA) is 12.0 Å². The lowest BCUT2D eigenvalue weighted by molar-refractivity contribution is 0.385. The molecule has 2 heteroatoms. The lowest BCUT2D eigenvalue weighted by atomic mass is 10.0. The van der Waals surface area contributed by atoms with Gasteiger partial charge in [0.1, 0.15) is 0 Å². The fourth-order valence-corrected chi connectivity index (χ4v) is 3.58. The predicted octanol–water partition coefficient (Wildman–Crippen LogP) is 3.06. The van der Waals surface area contributed by atoms with Crippen LogP contribution in [0, 0.1) is 26.7 Å². The van der Waals surface area contributed by atoms with Crippen LogP contribution in [0.15, 0.2) is 12.1 Å². The highest BCUT2D eigenvalue weighted by atomic mass is 32.2. The minimum atomic E-state index is 0.913. The highest BCUT2D eigenvalue weighted by Gasteiger charge is 2.16. The Bertz CT molecular complexity index is 346. The summed E-state index contributed by atoms with van der Waals surface area (Å²) in [5, 5.41) is 3.33. The molecular weight excluding hydrogens is 214 g/mol. The summed E-state index contributed by atoms with van der Waals surface area (Å²) in [6.07, 6.45) is 0. The van der Waals surface area contributed by atoms with E-state index in [-0.39, 0.29) is 0 Å². The highest BCUT2D eigenvalue weighted by molar-refractivity contribution is 7.98. The van der Waals surface area contributed by atoms with E-state index >= 15 is 0 Å². The van der Waals surface area contributed by atoms with Gasteiger partial charge in [-0.15, -0.1) is 0 Å². The molecule has 1 aromatic rings. The van der Waals surface area contributed by atoms with Gasteiger partial charge in [-0.1, -0.05) is 17.7 Å². The molecule has 1 aromatic carbocycles. The summed E-state index contributed by atoms with van der Waals surface area (Å²) in [4.78, 5) is 0. The van der Waals surface area contributed by atoms with Gasteiger partial charge in [0.05, 0.1) is 0 Å². The first-order chi connectivity index (χ1) is 7.66. The maximum Gasteiger partial charge on any atom is 0.0189 e. The number of aryl methyl sites for hydroxylation is 3. The Kier molecular flexibility index (Phi) is 3.93. The minimum absolute atomic E-state index is 0.913. The second kappa shape index (κ2) is 5.24. The number of rotatable bonds is 4. The third kappa shape index (κ3) is 2.80. The molecule has 0 atom stereocenters. The van der Waals surface area contributed by atoms with Gasteiger partial charge in [-0.05, 0) is 62.2 Å². The minimum Gasteiger partial charge on any atom is -0.316 e. The molecule has 88 valence electrons. The van der Waals surface area contributed by atoms with E-state index in [1.807, 2.05) is 0 Å². The van der Waals surface area contributed by atoms with Gasteiger partial charge in [0, 0.05) is 5.75 Å². The van der Waals surface area contributed by atoms with Gasteiger partial charge >= 0.3 is 0 Å². The predicted molar refractivity (Wildman–Crippen MR) is 73.2 cm³/mol. The monoisotopic (exact) mass is 235 g/mol. The normalized spacial score (nSPS) is 16.2. The molecule has 1 aliphatic rings. The molecule has 1 nitrogen and oxygen atoms in total. The number of hydrogen-bond acceptors (Lipinski definition) is 2. The quantitative estimate of drug-likeness (QED) is 0.861. The van der Waals surface area contributed by atoms with Crippen molar-refractivity contribution in [3.63, 3.8) is 0 Å². The summed E-state index contributed by atoms with van der Waals surface area (Å²) >= 11 is 2.08. The lowest BCUT2D eigenvalue weighted by Crippen LogP contribution is -2.43. The molecule has 1 saturated heterocycles. The molecule has 1 heterocycles. The summed E-state index contributed by atoms with van der Waals surface area (Å²) in [6.45, 7) is 9.09. The van der Waals surface area contributed by atoms with Crippen LogP contribution in [0.1, 0.15) is 22.3 Å². The first kappa shape index (κ1) is 12.0. The zero-order chi connectivity index (χ0) is 11.5. The zero-order valence-corrected chi connectivity index (χ0v) is 11.3. The molecule has 0 bridgehead atoms. The fraction of sp³-hybridized carbons (Fsp3) is 0.571. The second-order valence-electron chi connectivity index (χ2n) is 4.92. The smallest absolute Gasteiger partial charge is 0.0189 e. The Morgan fingerprint density at radius 2 is 1.81 bits per heavy atom. The van der Waals surface area contributed by atoms with Gasteiger partial charge < -0.3 is 5.32 Å². The molecule has 0 unspecified atom stereocenters. The lowest BCUT2D eigenvalue weighted by Gasteiger charge is -2.26. The maximum absolute atomic E-state index is 3.33. The van der Waals surface area contributed by atoms with Crippen molar-refractivity contribution in [2.24, 2.45) is 5.92 Å². The Labute approximate surface area is 103 Å². The van der Waals surface area contributed by atoms with E-state index in [9.17, 15) is 0 Å². The van der Waals surface area contributed by atoms with Crippen molar-refractivity contribution in [2.75, 3.05) is 18.8 Å². The third-order valence-electron chi connectivity index (χ3n) is 3.31. The van der Waals surface area contributed by atoms with Gasteiger partial charge in [-0.2, -0.15) is 11.8 Å². The molecule has 0 radical (unpaired) electrons. The molecule has 0 aliphatic carbocycles. The van der Waals surface area contributed by atoms with Gasteiger partial charge in [-0.25, -0.2) is 0 Å². The van der Waals surface area contributed by atoms with Crippen LogP contribution >= 0.6 is 11.8 Å². The zero-order valence-electron chi connectivity index (χ0n) is 10.5. The molecule has 0 aromatic heterocycles. The molecule has 16 heavy (non-hydrogen) atoms. The maximum atomic E-state index is 3.33. The van der Waals surface area contributed by atoms with Gasteiger partial charge in [0.2, 0.25) is 0 Å². The SMILES string of the molecule is Cc1cc(C)c(CSCC2CNC2)c(C)c1. The number of benzene rings is 1. The fourth-order valence-electron chi connectivity index (χ4n) is 2.23. The molecule has 1 fully saturated rings.